The third kappa shape index (κ3) is 8.02. The molecule has 186 valence electrons. The van der Waals surface area contributed by atoms with Crippen molar-refractivity contribution in [1.29, 1.82) is 0 Å². The Morgan fingerprint density at radius 1 is 0.944 bits per heavy atom. The number of Topliss-reactive ketones (excluding diaryl/α,β-unsaturated/α-hetero) is 1. The summed E-state index contributed by atoms with van der Waals surface area (Å²) in [6, 6.07) is 21.6. The van der Waals surface area contributed by atoms with Gasteiger partial charge in [0, 0.05) is 17.3 Å². The maximum absolute atomic E-state index is 12.9. The van der Waals surface area contributed by atoms with Crippen molar-refractivity contribution in [2.75, 3.05) is 5.32 Å². The van der Waals surface area contributed by atoms with Crippen LogP contribution in [0.4, 0.5) is 10.5 Å². The molecule has 0 heterocycles. The molecular weight excluding hydrogens is 462 g/mol. The summed E-state index contributed by atoms with van der Waals surface area (Å²) in [5.41, 5.74) is 1.54. The van der Waals surface area contributed by atoms with E-state index < -0.39 is 24.3 Å². The Balaban J connectivity index is 1.85. The number of carbonyl (C=O) groups excluding carboxylic acids is 2. The van der Waals surface area contributed by atoms with E-state index in [1.54, 1.807) is 48.5 Å². The highest BCUT2D eigenvalue weighted by atomic mass is 16.6. The zero-order chi connectivity index (χ0) is 25.9. The summed E-state index contributed by atoms with van der Waals surface area (Å²) in [4.78, 5) is 35.2. The smallest absolute Gasteiger partial charge is 0.412 e. The number of ketones is 1. The van der Waals surface area contributed by atoms with Crippen molar-refractivity contribution in [1.82, 2.24) is 0 Å². The number of hydrogen-bond acceptors (Lipinski definition) is 6. The lowest BCUT2D eigenvalue weighted by molar-refractivity contribution is -0.131. The summed E-state index contributed by atoms with van der Waals surface area (Å²) in [6.45, 7) is 1.46. The number of phenols is 1. The maximum atomic E-state index is 12.9. The van der Waals surface area contributed by atoms with Gasteiger partial charge < -0.3 is 19.7 Å². The number of benzene rings is 3. The van der Waals surface area contributed by atoms with Crippen LogP contribution in [-0.4, -0.2) is 34.2 Å². The van der Waals surface area contributed by atoms with E-state index in [1.807, 2.05) is 18.2 Å². The summed E-state index contributed by atoms with van der Waals surface area (Å²) < 4.78 is 12.0. The molecule has 8 nitrogen and oxygen atoms in total. The molecule has 0 saturated carbocycles. The van der Waals surface area contributed by atoms with Gasteiger partial charge in [0.25, 0.3) is 0 Å². The third-order valence-electron chi connectivity index (χ3n) is 5.24. The van der Waals surface area contributed by atoms with Gasteiger partial charge in [-0.05, 0) is 73.9 Å². The van der Waals surface area contributed by atoms with E-state index in [0.717, 1.165) is 6.08 Å². The van der Waals surface area contributed by atoms with Crippen LogP contribution in [0.5, 0.6) is 11.5 Å². The van der Waals surface area contributed by atoms with Crippen LogP contribution in [0.2, 0.25) is 0 Å². The molecule has 0 radical (unpaired) electrons. The van der Waals surface area contributed by atoms with Crippen LogP contribution >= 0.6 is 0 Å². The molecule has 0 spiro atoms. The fourth-order valence-electron chi connectivity index (χ4n) is 3.46. The number of anilines is 1. The number of amides is 1. The molecule has 3 aromatic carbocycles. The lowest BCUT2D eigenvalue weighted by Crippen LogP contribution is -2.31. The number of aromatic hydroxyl groups is 1. The Kier molecular flexibility index (Phi) is 9.22. The Hall–Kier alpha value is -4.59. The van der Waals surface area contributed by atoms with E-state index in [2.05, 4.69) is 5.32 Å². The number of rotatable bonds is 11. The van der Waals surface area contributed by atoms with Gasteiger partial charge in [-0.2, -0.15) is 0 Å². The summed E-state index contributed by atoms with van der Waals surface area (Å²) in [5, 5.41) is 21.3. The summed E-state index contributed by atoms with van der Waals surface area (Å²) in [6.07, 6.45) is 0.940. The minimum absolute atomic E-state index is 0.0532. The molecule has 3 rings (SSSR count). The minimum atomic E-state index is -1.06. The predicted molar refractivity (Wildman–Crippen MR) is 134 cm³/mol. The largest absolute Gasteiger partial charge is 0.508 e. The predicted octanol–water partition coefficient (Wildman–Crippen LogP) is 5.75. The van der Waals surface area contributed by atoms with E-state index in [4.69, 9.17) is 14.6 Å². The van der Waals surface area contributed by atoms with Gasteiger partial charge in [-0.25, -0.2) is 9.59 Å². The second-order valence-corrected chi connectivity index (χ2v) is 7.96. The molecule has 0 aliphatic carbocycles. The highest BCUT2D eigenvalue weighted by Gasteiger charge is 2.29. The molecule has 0 unspecified atom stereocenters. The van der Waals surface area contributed by atoms with Crippen molar-refractivity contribution < 1.29 is 34.1 Å². The van der Waals surface area contributed by atoms with Crippen molar-refractivity contribution in [3.05, 3.63) is 102 Å². The van der Waals surface area contributed by atoms with Crippen LogP contribution in [0.25, 0.3) is 0 Å². The second-order valence-electron chi connectivity index (χ2n) is 7.96. The Morgan fingerprint density at radius 3 is 2.22 bits per heavy atom. The number of phenolic OH excluding ortho intramolecular Hbond substituents is 1. The van der Waals surface area contributed by atoms with Gasteiger partial charge in [-0.15, -0.1) is 0 Å². The van der Waals surface area contributed by atoms with E-state index in [-0.39, 0.29) is 11.5 Å². The van der Waals surface area contributed by atoms with Gasteiger partial charge >= 0.3 is 12.1 Å². The Labute approximate surface area is 208 Å². The van der Waals surface area contributed by atoms with Gasteiger partial charge in [-0.3, -0.25) is 10.1 Å². The maximum Gasteiger partial charge on any atom is 0.412 e. The van der Waals surface area contributed by atoms with Crippen LogP contribution in [0.3, 0.4) is 0 Å². The van der Waals surface area contributed by atoms with E-state index >= 15 is 0 Å². The SMILES string of the molecule is CC(=O)c1ccc(NC(=O)O[C@H](c2ccc(O)cc2)[C@@H](CC/C=C/C(=O)O)Oc2ccccc2)cc1. The van der Waals surface area contributed by atoms with Crippen LogP contribution in [0.15, 0.2) is 91.0 Å². The van der Waals surface area contributed by atoms with Crippen molar-refractivity contribution >= 4 is 23.5 Å². The molecule has 0 saturated heterocycles. The van der Waals surface area contributed by atoms with Gasteiger partial charge in [-0.1, -0.05) is 36.4 Å². The van der Waals surface area contributed by atoms with Gasteiger partial charge in [0.05, 0.1) is 0 Å². The normalized spacial score (nSPS) is 12.5. The molecule has 3 N–H and O–H groups in total. The molecule has 0 aliphatic heterocycles. The Morgan fingerprint density at radius 2 is 1.61 bits per heavy atom. The number of carboxylic acid groups (broad SMARTS) is 1. The molecule has 2 atom stereocenters. The number of nitrogens with one attached hydrogen (secondary N) is 1. The lowest BCUT2D eigenvalue weighted by Gasteiger charge is -2.28. The highest BCUT2D eigenvalue weighted by molar-refractivity contribution is 5.95. The van der Waals surface area contributed by atoms with Crippen LogP contribution in [-0.2, 0) is 9.53 Å². The minimum Gasteiger partial charge on any atom is -0.508 e. The fraction of sp³-hybridized carbons (Fsp3) is 0.179. The quantitative estimate of drug-likeness (QED) is 0.231. The number of carboxylic acids is 1. The monoisotopic (exact) mass is 489 g/mol. The van der Waals surface area contributed by atoms with Crippen LogP contribution in [0, 0.1) is 0 Å². The van der Waals surface area contributed by atoms with E-state index in [1.165, 1.54) is 25.1 Å². The topological polar surface area (TPSA) is 122 Å². The van der Waals surface area contributed by atoms with Crippen molar-refractivity contribution in [3.63, 3.8) is 0 Å². The molecular formula is C28H27NO7. The summed E-state index contributed by atoms with van der Waals surface area (Å²) in [5.74, 6) is -0.541. The molecule has 8 heteroatoms. The van der Waals surface area contributed by atoms with Crippen molar-refractivity contribution in [3.8, 4) is 11.5 Å². The van der Waals surface area contributed by atoms with Gasteiger partial charge in [0.2, 0.25) is 0 Å². The molecule has 0 fully saturated rings. The average Bonchev–Trinajstić information content (AvgIpc) is 2.86. The zero-order valence-electron chi connectivity index (χ0n) is 19.7. The average molecular weight is 490 g/mol. The first-order valence-corrected chi connectivity index (χ1v) is 11.3. The standard InChI is InChI=1S/C28H27NO7/c1-19(30)20-11-15-22(16-12-20)29-28(34)36-27(21-13-17-23(31)18-14-21)25(9-5-6-10-26(32)33)35-24-7-3-2-4-8-24/h2-4,6-8,10-18,25,27,31H,5,9H2,1H3,(H,29,34)(H,32,33)/b10-6+/t25-,27-/m1/s1. The number of aliphatic carboxylic acids is 1. The molecule has 0 aromatic heterocycles. The summed E-state index contributed by atoms with van der Waals surface area (Å²) >= 11 is 0. The van der Waals surface area contributed by atoms with E-state index in [0.29, 0.717) is 35.4 Å². The van der Waals surface area contributed by atoms with Crippen molar-refractivity contribution in [2.45, 2.75) is 32.0 Å². The number of para-hydroxylation sites is 1. The Bertz CT molecular complexity index is 1190. The molecule has 3 aromatic rings. The van der Waals surface area contributed by atoms with Crippen molar-refractivity contribution in [2.24, 2.45) is 0 Å². The summed E-state index contributed by atoms with van der Waals surface area (Å²) in [7, 11) is 0. The fourth-order valence-corrected chi connectivity index (χ4v) is 3.46. The first-order valence-electron chi connectivity index (χ1n) is 11.3. The highest BCUT2D eigenvalue weighted by Crippen LogP contribution is 2.30. The molecule has 1 amide bonds. The van der Waals surface area contributed by atoms with Crippen LogP contribution < -0.4 is 10.1 Å². The van der Waals surface area contributed by atoms with E-state index in [9.17, 15) is 19.5 Å². The van der Waals surface area contributed by atoms with Crippen LogP contribution in [0.1, 0.15) is 41.8 Å². The number of ether oxygens (including phenoxy) is 2. The second kappa shape index (κ2) is 12.8. The first kappa shape index (κ1) is 26.0. The molecule has 0 bridgehead atoms. The zero-order valence-corrected chi connectivity index (χ0v) is 19.7. The third-order valence-corrected chi connectivity index (χ3v) is 5.24. The molecule has 36 heavy (non-hydrogen) atoms. The number of allylic oxidation sites excluding steroid dienone is 1. The van der Waals surface area contributed by atoms with Gasteiger partial charge in [0.1, 0.15) is 17.6 Å². The number of hydrogen-bond donors (Lipinski definition) is 3. The molecule has 0 aliphatic rings. The first-order chi connectivity index (χ1) is 17.3. The lowest BCUT2D eigenvalue weighted by atomic mass is 10.00. The van der Waals surface area contributed by atoms with Gasteiger partial charge in [0.15, 0.2) is 11.9 Å². The number of carbonyl (C=O) groups is 3.